The van der Waals surface area contributed by atoms with Gasteiger partial charge < -0.3 is 5.32 Å². The molecule has 0 spiro atoms. The summed E-state index contributed by atoms with van der Waals surface area (Å²) in [4.78, 5) is 15.5. The Morgan fingerprint density at radius 1 is 1.30 bits per heavy atom. The Labute approximate surface area is 121 Å². The van der Waals surface area contributed by atoms with E-state index >= 15 is 0 Å². The quantitative estimate of drug-likeness (QED) is 0.499. The number of thioether (sulfide) groups is 1. The number of hydrogen-bond acceptors (Lipinski definition) is 5. The number of benzene rings is 1. The van der Waals surface area contributed by atoms with Gasteiger partial charge in [-0.1, -0.05) is 6.07 Å². The Morgan fingerprint density at radius 3 is 2.70 bits per heavy atom. The Bertz CT molecular complexity index is 587. The molecule has 0 aliphatic heterocycles. The van der Waals surface area contributed by atoms with Gasteiger partial charge in [0.1, 0.15) is 5.82 Å². The molecule has 2 rings (SSSR count). The zero-order valence-corrected chi connectivity index (χ0v) is 11.9. The first-order valence-corrected chi connectivity index (χ1v) is 7.24. The fraction of sp³-hybridized carbons (Fsp3) is 0.214. The topological polar surface area (TPSA) is 68.1 Å². The maximum Gasteiger partial charge on any atom is 0.269 e. The van der Waals surface area contributed by atoms with E-state index in [0.717, 1.165) is 28.6 Å². The van der Waals surface area contributed by atoms with Crippen molar-refractivity contribution in [2.75, 3.05) is 11.9 Å². The highest BCUT2D eigenvalue weighted by molar-refractivity contribution is 7.98. The number of nitrogens with one attached hydrogen (secondary N) is 1. The zero-order chi connectivity index (χ0) is 14.4. The lowest BCUT2D eigenvalue weighted by molar-refractivity contribution is -0.384. The highest BCUT2D eigenvalue weighted by Crippen LogP contribution is 2.27. The van der Waals surface area contributed by atoms with E-state index in [1.807, 2.05) is 19.1 Å². The lowest BCUT2D eigenvalue weighted by Gasteiger charge is -2.08. The first kappa shape index (κ1) is 14.3. The van der Waals surface area contributed by atoms with Crippen LogP contribution in [0, 0.1) is 10.1 Å². The molecule has 0 aliphatic rings. The third-order valence-corrected chi connectivity index (χ3v) is 3.74. The summed E-state index contributed by atoms with van der Waals surface area (Å²) in [5.74, 6) is 1.66. The van der Waals surface area contributed by atoms with Gasteiger partial charge in [0.25, 0.3) is 5.69 Å². The minimum absolute atomic E-state index is 0.115. The van der Waals surface area contributed by atoms with Gasteiger partial charge >= 0.3 is 0 Å². The molecule has 0 amide bonds. The lowest BCUT2D eigenvalue weighted by Crippen LogP contribution is -2.02. The Kier molecular flexibility index (Phi) is 4.95. The van der Waals surface area contributed by atoms with Crippen molar-refractivity contribution in [2.24, 2.45) is 0 Å². The molecule has 2 aromatic rings. The largest absolute Gasteiger partial charge is 0.370 e. The molecule has 1 N–H and O–H groups in total. The number of nitrogens with zero attached hydrogens (tertiary/aromatic N) is 2. The molecule has 5 nitrogen and oxygen atoms in total. The van der Waals surface area contributed by atoms with Gasteiger partial charge in [-0.3, -0.25) is 10.1 Å². The van der Waals surface area contributed by atoms with E-state index in [2.05, 4.69) is 10.3 Å². The van der Waals surface area contributed by atoms with E-state index in [1.165, 1.54) is 12.1 Å². The van der Waals surface area contributed by atoms with Crippen LogP contribution in [0.25, 0.3) is 0 Å². The second-order valence-electron chi connectivity index (χ2n) is 4.08. The number of rotatable bonds is 6. The first-order valence-electron chi connectivity index (χ1n) is 6.25. The SMILES string of the molecule is CCNc1ncccc1CSc1ccc([N+](=O)[O-])cc1. The number of hydrogen-bond donors (Lipinski definition) is 1. The molecular formula is C14H15N3O2S. The van der Waals surface area contributed by atoms with Gasteiger partial charge in [0.2, 0.25) is 0 Å². The van der Waals surface area contributed by atoms with Crippen molar-refractivity contribution in [1.82, 2.24) is 4.98 Å². The summed E-state index contributed by atoms with van der Waals surface area (Å²) in [7, 11) is 0. The number of aromatic nitrogens is 1. The molecule has 0 saturated carbocycles. The Hall–Kier alpha value is -2.08. The van der Waals surface area contributed by atoms with Crippen LogP contribution in [0.1, 0.15) is 12.5 Å². The maximum atomic E-state index is 10.6. The van der Waals surface area contributed by atoms with Gasteiger partial charge in [0, 0.05) is 41.1 Å². The van der Waals surface area contributed by atoms with E-state index in [0.29, 0.717) is 0 Å². The minimum atomic E-state index is -0.390. The monoisotopic (exact) mass is 289 g/mol. The van der Waals surface area contributed by atoms with Crippen LogP contribution in [0.4, 0.5) is 11.5 Å². The summed E-state index contributed by atoms with van der Waals surface area (Å²) in [5, 5.41) is 13.8. The first-order chi connectivity index (χ1) is 9.70. The minimum Gasteiger partial charge on any atom is -0.370 e. The van der Waals surface area contributed by atoms with Crippen molar-refractivity contribution in [3.8, 4) is 0 Å². The second-order valence-corrected chi connectivity index (χ2v) is 5.13. The summed E-state index contributed by atoms with van der Waals surface area (Å²) >= 11 is 1.63. The van der Waals surface area contributed by atoms with Gasteiger partial charge in [-0.2, -0.15) is 0 Å². The number of nitro benzene ring substituents is 1. The normalized spacial score (nSPS) is 10.2. The van der Waals surface area contributed by atoms with Crippen molar-refractivity contribution in [3.63, 3.8) is 0 Å². The summed E-state index contributed by atoms with van der Waals surface area (Å²) < 4.78 is 0. The number of nitro groups is 1. The molecule has 20 heavy (non-hydrogen) atoms. The van der Waals surface area contributed by atoms with Crippen LogP contribution in [0.2, 0.25) is 0 Å². The molecule has 1 aromatic heterocycles. The second kappa shape index (κ2) is 6.91. The predicted octanol–water partition coefficient (Wildman–Crippen LogP) is 3.71. The standard InChI is InChI=1S/C14H15N3O2S/c1-2-15-14-11(4-3-9-16-14)10-20-13-7-5-12(6-8-13)17(18)19/h3-9H,2,10H2,1H3,(H,15,16). The van der Waals surface area contributed by atoms with Crippen molar-refractivity contribution < 1.29 is 4.92 Å². The van der Waals surface area contributed by atoms with Crippen LogP contribution in [0.3, 0.4) is 0 Å². The lowest BCUT2D eigenvalue weighted by atomic mass is 10.3. The van der Waals surface area contributed by atoms with Gasteiger partial charge in [0.15, 0.2) is 0 Å². The molecule has 0 saturated heterocycles. The summed E-state index contributed by atoms with van der Waals surface area (Å²) in [6, 6.07) is 10.5. The van der Waals surface area contributed by atoms with E-state index in [1.54, 1.807) is 30.1 Å². The number of pyridine rings is 1. The summed E-state index contributed by atoms with van der Waals surface area (Å²) in [6.45, 7) is 2.86. The van der Waals surface area contributed by atoms with Crippen LogP contribution in [0.5, 0.6) is 0 Å². The maximum absolute atomic E-state index is 10.6. The Morgan fingerprint density at radius 2 is 2.05 bits per heavy atom. The summed E-state index contributed by atoms with van der Waals surface area (Å²) in [5.41, 5.74) is 1.24. The molecule has 1 aromatic carbocycles. The van der Waals surface area contributed by atoms with E-state index in [-0.39, 0.29) is 5.69 Å². The van der Waals surface area contributed by atoms with E-state index in [9.17, 15) is 10.1 Å². The molecule has 6 heteroatoms. The average molecular weight is 289 g/mol. The molecular weight excluding hydrogens is 274 g/mol. The Balaban J connectivity index is 2.03. The van der Waals surface area contributed by atoms with Crippen LogP contribution >= 0.6 is 11.8 Å². The molecule has 104 valence electrons. The van der Waals surface area contributed by atoms with Crippen molar-refractivity contribution in [1.29, 1.82) is 0 Å². The molecule has 0 bridgehead atoms. The summed E-state index contributed by atoms with van der Waals surface area (Å²) in [6.07, 6.45) is 1.76. The van der Waals surface area contributed by atoms with Crippen LogP contribution in [-0.4, -0.2) is 16.5 Å². The fourth-order valence-corrected chi connectivity index (χ4v) is 2.59. The molecule has 0 atom stereocenters. The third-order valence-electron chi connectivity index (χ3n) is 2.68. The number of non-ortho nitro benzene ring substituents is 1. The highest BCUT2D eigenvalue weighted by Gasteiger charge is 2.06. The molecule has 0 aliphatic carbocycles. The van der Waals surface area contributed by atoms with Crippen molar-refractivity contribution in [2.45, 2.75) is 17.6 Å². The zero-order valence-electron chi connectivity index (χ0n) is 11.1. The van der Waals surface area contributed by atoms with Crippen molar-refractivity contribution in [3.05, 3.63) is 58.3 Å². The predicted molar refractivity (Wildman–Crippen MR) is 81.1 cm³/mol. The van der Waals surface area contributed by atoms with Gasteiger partial charge in [-0.25, -0.2) is 4.98 Å². The average Bonchev–Trinajstić information content (AvgIpc) is 2.47. The molecule has 0 radical (unpaired) electrons. The smallest absolute Gasteiger partial charge is 0.269 e. The van der Waals surface area contributed by atoms with Gasteiger partial charge in [-0.05, 0) is 25.1 Å². The third kappa shape index (κ3) is 3.71. The van der Waals surface area contributed by atoms with E-state index in [4.69, 9.17) is 0 Å². The molecule has 0 fully saturated rings. The van der Waals surface area contributed by atoms with Crippen LogP contribution in [-0.2, 0) is 5.75 Å². The van der Waals surface area contributed by atoms with Crippen LogP contribution < -0.4 is 5.32 Å². The van der Waals surface area contributed by atoms with E-state index < -0.39 is 4.92 Å². The molecule has 1 heterocycles. The highest BCUT2D eigenvalue weighted by atomic mass is 32.2. The van der Waals surface area contributed by atoms with Gasteiger partial charge in [0.05, 0.1) is 4.92 Å². The fourth-order valence-electron chi connectivity index (χ4n) is 1.71. The molecule has 0 unspecified atom stereocenters. The van der Waals surface area contributed by atoms with Crippen LogP contribution in [0.15, 0.2) is 47.5 Å². The number of anilines is 1. The van der Waals surface area contributed by atoms with Gasteiger partial charge in [-0.15, -0.1) is 11.8 Å². The van der Waals surface area contributed by atoms with Crippen molar-refractivity contribution >= 4 is 23.3 Å².